The summed E-state index contributed by atoms with van der Waals surface area (Å²) in [6.45, 7) is 9.33. The first-order valence-electron chi connectivity index (χ1n) is 8.89. The highest BCUT2D eigenvalue weighted by Gasteiger charge is 2.11. The number of hydrogen-bond donors (Lipinski definition) is 1. The lowest BCUT2D eigenvalue weighted by Crippen LogP contribution is -2.41. The summed E-state index contributed by atoms with van der Waals surface area (Å²) in [5, 5.41) is 3.00. The summed E-state index contributed by atoms with van der Waals surface area (Å²) < 4.78 is 5.67. The molecule has 23 heavy (non-hydrogen) atoms. The van der Waals surface area contributed by atoms with Gasteiger partial charge in [0.2, 0.25) is 0 Å². The molecule has 0 saturated heterocycles. The number of urea groups is 1. The molecule has 1 N–H and O–H groups in total. The maximum absolute atomic E-state index is 12.2. The molecule has 1 aromatic carbocycles. The number of carbonyl (C=O) groups excluding carboxylic acids is 1. The zero-order chi connectivity index (χ0) is 16.9. The molecule has 0 aliphatic heterocycles. The van der Waals surface area contributed by atoms with Crippen molar-refractivity contribution in [3.8, 4) is 5.75 Å². The van der Waals surface area contributed by atoms with E-state index in [1.807, 2.05) is 29.2 Å². The molecule has 4 heteroatoms. The highest BCUT2D eigenvalue weighted by atomic mass is 16.5. The molecule has 1 rings (SSSR count). The van der Waals surface area contributed by atoms with E-state index < -0.39 is 0 Å². The van der Waals surface area contributed by atoms with Crippen molar-refractivity contribution in [3.63, 3.8) is 0 Å². The van der Waals surface area contributed by atoms with Crippen LogP contribution in [0.5, 0.6) is 5.75 Å². The van der Waals surface area contributed by atoms with Gasteiger partial charge in [0.05, 0.1) is 6.61 Å². The minimum absolute atomic E-state index is 0.0576. The van der Waals surface area contributed by atoms with Crippen LogP contribution >= 0.6 is 0 Å². The van der Waals surface area contributed by atoms with Gasteiger partial charge in [-0.1, -0.05) is 44.4 Å². The maximum Gasteiger partial charge on any atom is 0.317 e. The Morgan fingerprint density at radius 2 is 1.65 bits per heavy atom. The molecule has 0 aliphatic rings. The highest BCUT2D eigenvalue weighted by Crippen LogP contribution is 2.11. The predicted octanol–water partition coefficient (Wildman–Crippen LogP) is 4.38. The van der Waals surface area contributed by atoms with E-state index in [2.05, 4.69) is 26.1 Å². The van der Waals surface area contributed by atoms with Crippen LogP contribution in [0.15, 0.2) is 24.3 Å². The molecule has 0 unspecified atom stereocenters. The van der Waals surface area contributed by atoms with Gasteiger partial charge in [-0.2, -0.15) is 0 Å². The second kappa shape index (κ2) is 11.8. The van der Waals surface area contributed by atoms with Crippen LogP contribution in [-0.4, -0.2) is 37.2 Å². The third kappa shape index (κ3) is 8.48. The van der Waals surface area contributed by atoms with Gasteiger partial charge in [-0.25, -0.2) is 4.79 Å². The number of ether oxygens (including phenoxy) is 1. The lowest BCUT2D eigenvalue weighted by Gasteiger charge is -2.22. The van der Waals surface area contributed by atoms with Gasteiger partial charge in [0, 0.05) is 19.6 Å². The molecule has 0 bridgehead atoms. The second-order valence-electron chi connectivity index (χ2n) is 5.94. The van der Waals surface area contributed by atoms with Crippen LogP contribution in [0.1, 0.15) is 51.5 Å². The Bertz CT molecular complexity index is 424. The molecule has 1 aromatic rings. The highest BCUT2D eigenvalue weighted by molar-refractivity contribution is 5.74. The van der Waals surface area contributed by atoms with E-state index in [-0.39, 0.29) is 6.03 Å². The molecule has 0 aliphatic carbocycles. The van der Waals surface area contributed by atoms with Crippen molar-refractivity contribution >= 4 is 6.03 Å². The molecule has 130 valence electrons. The number of benzene rings is 1. The van der Waals surface area contributed by atoms with E-state index in [1.54, 1.807) is 0 Å². The average Bonchev–Trinajstić information content (AvgIpc) is 2.56. The predicted molar refractivity (Wildman–Crippen MR) is 96.1 cm³/mol. The Morgan fingerprint density at radius 1 is 1.04 bits per heavy atom. The van der Waals surface area contributed by atoms with Gasteiger partial charge < -0.3 is 15.0 Å². The van der Waals surface area contributed by atoms with Crippen molar-refractivity contribution in [1.29, 1.82) is 0 Å². The Kier molecular flexibility index (Phi) is 9.92. The summed E-state index contributed by atoms with van der Waals surface area (Å²) in [7, 11) is 0. The Labute approximate surface area is 141 Å². The van der Waals surface area contributed by atoms with Gasteiger partial charge in [0.25, 0.3) is 0 Å². The van der Waals surface area contributed by atoms with Gasteiger partial charge >= 0.3 is 6.03 Å². The van der Waals surface area contributed by atoms with Crippen molar-refractivity contribution in [3.05, 3.63) is 29.8 Å². The number of nitrogens with one attached hydrogen (secondary N) is 1. The normalized spacial score (nSPS) is 10.4. The summed E-state index contributed by atoms with van der Waals surface area (Å²) in [4.78, 5) is 14.1. The van der Waals surface area contributed by atoms with Crippen LogP contribution in [0.2, 0.25) is 0 Å². The summed E-state index contributed by atoms with van der Waals surface area (Å²) in [5.41, 5.74) is 1.23. The van der Waals surface area contributed by atoms with Crippen LogP contribution in [0.3, 0.4) is 0 Å². The van der Waals surface area contributed by atoms with Crippen molar-refractivity contribution in [2.45, 2.75) is 52.9 Å². The summed E-state index contributed by atoms with van der Waals surface area (Å²) >= 11 is 0. The quantitative estimate of drug-likeness (QED) is 0.615. The van der Waals surface area contributed by atoms with Crippen molar-refractivity contribution in [2.75, 3.05) is 26.2 Å². The minimum atomic E-state index is 0.0576. The minimum Gasteiger partial charge on any atom is -0.494 e. The van der Waals surface area contributed by atoms with Gasteiger partial charge in [0.1, 0.15) is 5.75 Å². The molecule has 0 radical (unpaired) electrons. The number of hydrogen-bond acceptors (Lipinski definition) is 2. The van der Waals surface area contributed by atoms with E-state index in [0.717, 1.165) is 50.9 Å². The first kappa shape index (κ1) is 19.3. The lowest BCUT2D eigenvalue weighted by atomic mass is 10.2. The Morgan fingerprint density at radius 3 is 2.22 bits per heavy atom. The zero-order valence-corrected chi connectivity index (χ0v) is 14.9. The zero-order valence-electron chi connectivity index (χ0n) is 14.9. The molecular weight excluding hydrogens is 288 g/mol. The van der Waals surface area contributed by atoms with Gasteiger partial charge in [0.15, 0.2) is 0 Å². The fourth-order valence-electron chi connectivity index (χ4n) is 2.22. The number of rotatable bonds is 11. The first-order valence-corrected chi connectivity index (χ1v) is 8.89. The third-order valence-electron chi connectivity index (χ3n) is 3.74. The number of carbonyl (C=O) groups is 1. The van der Waals surface area contributed by atoms with Gasteiger partial charge in [-0.15, -0.1) is 0 Å². The standard InChI is InChI=1S/C19H32N2O2/c1-4-6-14-21(15-7-5-2)19(22)20-13-8-16-23-18-11-9-17(3)10-12-18/h9-12H,4-8,13-16H2,1-3H3,(H,20,22). The molecule has 4 nitrogen and oxygen atoms in total. The van der Waals surface area contributed by atoms with E-state index >= 15 is 0 Å². The van der Waals surface area contributed by atoms with Crippen LogP contribution < -0.4 is 10.1 Å². The monoisotopic (exact) mass is 320 g/mol. The van der Waals surface area contributed by atoms with E-state index in [4.69, 9.17) is 4.74 Å². The van der Waals surface area contributed by atoms with Gasteiger partial charge in [-0.05, 0) is 38.3 Å². The van der Waals surface area contributed by atoms with Crippen molar-refractivity contribution in [2.24, 2.45) is 0 Å². The summed E-state index contributed by atoms with van der Waals surface area (Å²) in [6.07, 6.45) is 5.16. The average molecular weight is 320 g/mol. The largest absolute Gasteiger partial charge is 0.494 e. The number of nitrogens with zero attached hydrogens (tertiary/aromatic N) is 1. The fraction of sp³-hybridized carbons (Fsp3) is 0.632. The summed E-state index contributed by atoms with van der Waals surface area (Å²) in [5.74, 6) is 0.884. The van der Waals surface area contributed by atoms with E-state index in [1.165, 1.54) is 5.56 Å². The van der Waals surface area contributed by atoms with Crippen LogP contribution in [0, 0.1) is 6.92 Å². The molecule has 0 saturated carbocycles. The molecule has 0 spiro atoms. The topological polar surface area (TPSA) is 41.6 Å². The summed E-state index contributed by atoms with van der Waals surface area (Å²) in [6, 6.07) is 8.09. The van der Waals surface area contributed by atoms with Crippen LogP contribution in [-0.2, 0) is 0 Å². The molecule has 0 atom stereocenters. The van der Waals surface area contributed by atoms with Crippen LogP contribution in [0.25, 0.3) is 0 Å². The molecule has 0 aromatic heterocycles. The Balaban J connectivity index is 2.21. The molecule has 2 amide bonds. The molecular formula is C19H32N2O2. The second-order valence-corrected chi connectivity index (χ2v) is 5.94. The van der Waals surface area contributed by atoms with Crippen molar-refractivity contribution in [1.82, 2.24) is 10.2 Å². The van der Waals surface area contributed by atoms with E-state index in [9.17, 15) is 4.79 Å². The third-order valence-corrected chi connectivity index (χ3v) is 3.74. The van der Waals surface area contributed by atoms with E-state index in [0.29, 0.717) is 13.2 Å². The maximum atomic E-state index is 12.2. The first-order chi connectivity index (χ1) is 11.2. The Hall–Kier alpha value is -1.71. The number of aryl methyl sites for hydroxylation is 1. The van der Waals surface area contributed by atoms with Crippen molar-refractivity contribution < 1.29 is 9.53 Å². The lowest BCUT2D eigenvalue weighted by molar-refractivity contribution is 0.195. The fourth-order valence-corrected chi connectivity index (χ4v) is 2.22. The smallest absolute Gasteiger partial charge is 0.317 e. The van der Waals surface area contributed by atoms with Gasteiger partial charge in [-0.3, -0.25) is 0 Å². The number of amides is 2. The number of unbranched alkanes of at least 4 members (excludes halogenated alkanes) is 2. The van der Waals surface area contributed by atoms with Crippen LogP contribution in [0.4, 0.5) is 4.79 Å². The molecule has 0 heterocycles. The SMILES string of the molecule is CCCCN(CCCC)C(=O)NCCCOc1ccc(C)cc1. The molecule has 0 fully saturated rings.